The smallest absolute Gasteiger partial charge is 0.413 e. The van der Waals surface area contributed by atoms with Crippen LogP contribution in [0.5, 0.6) is 5.75 Å². The molecule has 2 aromatic carbocycles. The molecule has 2 aromatic heterocycles. The van der Waals surface area contributed by atoms with Crippen LogP contribution in [0.2, 0.25) is 5.02 Å². The Labute approximate surface area is 219 Å². The molecular formula is C27H27ClFN5O3. The van der Waals surface area contributed by atoms with E-state index in [9.17, 15) is 9.18 Å². The van der Waals surface area contributed by atoms with E-state index in [0.29, 0.717) is 42.8 Å². The van der Waals surface area contributed by atoms with Gasteiger partial charge < -0.3 is 14.0 Å². The summed E-state index contributed by atoms with van der Waals surface area (Å²) in [7, 11) is 0. The van der Waals surface area contributed by atoms with Gasteiger partial charge in [0.2, 0.25) is 0 Å². The first-order chi connectivity index (χ1) is 17.6. The Kier molecular flexibility index (Phi) is 6.74. The summed E-state index contributed by atoms with van der Waals surface area (Å²) in [5, 5.41) is 3.92. The summed E-state index contributed by atoms with van der Waals surface area (Å²) in [6.07, 6.45) is 4.47. The average Bonchev–Trinajstić information content (AvgIpc) is 3.12. The molecule has 1 aliphatic heterocycles. The number of carbonyl (C=O) groups is 1. The zero-order valence-corrected chi connectivity index (χ0v) is 21.6. The molecule has 0 unspecified atom stereocenters. The topological polar surface area (TPSA) is 81.5 Å². The normalized spacial score (nSPS) is 14.1. The third-order valence-electron chi connectivity index (χ3n) is 5.80. The summed E-state index contributed by atoms with van der Waals surface area (Å²) in [5.74, 6) is 0.710. The fourth-order valence-corrected chi connectivity index (χ4v) is 4.55. The molecule has 0 saturated carbocycles. The van der Waals surface area contributed by atoms with Crippen molar-refractivity contribution in [2.45, 2.75) is 39.5 Å². The maximum absolute atomic E-state index is 13.7. The molecule has 1 amide bonds. The van der Waals surface area contributed by atoms with Gasteiger partial charge in [-0.2, -0.15) is 0 Å². The molecule has 5 rings (SSSR count). The van der Waals surface area contributed by atoms with E-state index in [2.05, 4.69) is 20.2 Å². The lowest BCUT2D eigenvalue weighted by Gasteiger charge is -2.20. The highest BCUT2D eigenvalue weighted by Crippen LogP contribution is 2.35. The van der Waals surface area contributed by atoms with E-state index in [1.54, 1.807) is 33.0 Å². The van der Waals surface area contributed by atoms with Crippen LogP contribution in [0.3, 0.4) is 0 Å². The summed E-state index contributed by atoms with van der Waals surface area (Å²) >= 11 is 6.64. The van der Waals surface area contributed by atoms with Gasteiger partial charge in [-0.05, 0) is 57.2 Å². The van der Waals surface area contributed by atoms with Gasteiger partial charge >= 0.3 is 6.09 Å². The van der Waals surface area contributed by atoms with E-state index in [1.165, 1.54) is 18.3 Å². The third-order valence-corrected chi connectivity index (χ3v) is 6.08. The zero-order chi connectivity index (χ0) is 26.2. The minimum Gasteiger partial charge on any atom is -0.490 e. The molecule has 8 nitrogen and oxygen atoms in total. The number of ether oxygens (including phenoxy) is 2. The number of halogens is 2. The molecule has 192 valence electrons. The molecule has 1 N–H and O–H groups in total. The summed E-state index contributed by atoms with van der Waals surface area (Å²) in [4.78, 5) is 22.9. The highest BCUT2D eigenvalue weighted by Gasteiger charge is 2.21. The van der Waals surface area contributed by atoms with Gasteiger partial charge in [-0.15, -0.1) is 0 Å². The molecule has 10 heteroatoms. The lowest BCUT2D eigenvalue weighted by Crippen LogP contribution is -2.28. The van der Waals surface area contributed by atoms with Crippen LogP contribution in [-0.4, -0.2) is 44.3 Å². The van der Waals surface area contributed by atoms with Gasteiger partial charge in [0.15, 0.2) is 5.82 Å². The number of benzene rings is 2. The Bertz CT molecular complexity index is 1450. The molecule has 0 aliphatic carbocycles. The zero-order valence-electron chi connectivity index (χ0n) is 20.8. The summed E-state index contributed by atoms with van der Waals surface area (Å²) < 4.78 is 26.9. The summed E-state index contributed by atoms with van der Waals surface area (Å²) in [6.45, 7) is 7.66. The predicted octanol–water partition coefficient (Wildman–Crippen LogP) is 5.95. The van der Waals surface area contributed by atoms with E-state index in [1.807, 2.05) is 29.0 Å². The van der Waals surface area contributed by atoms with Crippen molar-refractivity contribution in [2.75, 3.05) is 18.5 Å². The lowest BCUT2D eigenvalue weighted by molar-refractivity contribution is 0.0635. The second-order valence-corrected chi connectivity index (χ2v) is 10.3. The Hall–Kier alpha value is -3.69. The highest BCUT2D eigenvalue weighted by atomic mass is 35.5. The van der Waals surface area contributed by atoms with Crippen molar-refractivity contribution in [3.8, 4) is 11.4 Å². The number of hydrogen-bond acceptors (Lipinski definition) is 6. The van der Waals surface area contributed by atoms with Gasteiger partial charge in [-0.1, -0.05) is 11.6 Å². The molecule has 0 atom stereocenters. The molecule has 0 fully saturated rings. The molecular weight excluding hydrogens is 497 g/mol. The second-order valence-electron chi connectivity index (χ2n) is 9.88. The van der Waals surface area contributed by atoms with Crippen molar-refractivity contribution in [1.82, 2.24) is 19.4 Å². The van der Waals surface area contributed by atoms with Crippen molar-refractivity contribution in [3.63, 3.8) is 0 Å². The molecule has 1 aliphatic rings. The van der Waals surface area contributed by atoms with Gasteiger partial charge in [-0.3, -0.25) is 15.2 Å². The number of carbonyl (C=O) groups excluding carboxylic acids is 1. The maximum Gasteiger partial charge on any atom is 0.413 e. The Morgan fingerprint density at radius 2 is 2.03 bits per heavy atom. The predicted molar refractivity (Wildman–Crippen MR) is 140 cm³/mol. The van der Waals surface area contributed by atoms with E-state index in [4.69, 9.17) is 21.1 Å². The van der Waals surface area contributed by atoms with E-state index < -0.39 is 11.7 Å². The van der Waals surface area contributed by atoms with Crippen LogP contribution in [0, 0.1) is 5.82 Å². The van der Waals surface area contributed by atoms with Crippen molar-refractivity contribution >= 4 is 34.4 Å². The fraction of sp³-hybridized carbons (Fsp3) is 0.296. The molecule has 0 saturated heterocycles. The van der Waals surface area contributed by atoms with Crippen LogP contribution in [0.15, 0.2) is 55.0 Å². The molecule has 0 bridgehead atoms. The van der Waals surface area contributed by atoms with E-state index in [-0.39, 0.29) is 5.82 Å². The number of rotatable bonds is 4. The van der Waals surface area contributed by atoms with Crippen LogP contribution in [0.25, 0.3) is 16.6 Å². The molecule has 3 heterocycles. The maximum atomic E-state index is 13.7. The monoisotopic (exact) mass is 523 g/mol. The Morgan fingerprint density at radius 3 is 2.78 bits per heavy atom. The quantitative estimate of drug-likeness (QED) is 0.356. The first kappa shape index (κ1) is 25.0. The average molecular weight is 524 g/mol. The van der Waals surface area contributed by atoms with Gasteiger partial charge in [0.1, 0.15) is 23.8 Å². The third kappa shape index (κ3) is 5.84. The van der Waals surface area contributed by atoms with Gasteiger partial charge in [-0.25, -0.2) is 14.2 Å². The molecule has 4 aromatic rings. The van der Waals surface area contributed by atoms with Gasteiger partial charge in [0.25, 0.3) is 0 Å². The molecule has 0 radical (unpaired) electrons. The molecule has 0 spiro atoms. The van der Waals surface area contributed by atoms with E-state index >= 15 is 0 Å². The first-order valence-electron chi connectivity index (χ1n) is 11.9. The van der Waals surface area contributed by atoms with Crippen molar-refractivity contribution in [1.29, 1.82) is 0 Å². The van der Waals surface area contributed by atoms with E-state index in [0.717, 1.165) is 27.8 Å². The van der Waals surface area contributed by atoms with Crippen LogP contribution in [0.1, 0.15) is 32.0 Å². The number of nitrogens with zero attached hydrogens (tertiary/aromatic N) is 4. The first-order valence-corrected chi connectivity index (χ1v) is 12.3. The minimum absolute atomic E-state index is 0.272. The number of aromatic nitrogens is 3. The molecule has 37 heavy (non-hydrogen) atoms. The number of hydrogen-bond donors (Lipinski definition) is 1. The number of anilines is 1. The van der Waals surface area contributed by atoms with Crippen LogP contribution < -0.4 is 10.1 Å². The second kappa shape index (κ2) is 9.99. The van der Waals surface area contributed by atoms with Crippen LogP contribution >= 0.6 is 11.6 Å². The number of amides is 1. The van der Waals surface area contributed by atoms with Crippen LogP contribution in [-0.2, 0) is 17.8 Å². The van der Waals surface area contributed by atoms with Crippen molar-refractivity contribution < 1.29 is 18.7 Å². The fourth-order valence-electron chi connectivity index (χ4n) is 4.26. The number of nitrogens with one attached hydrogen (secondary N) is 1. The summed E-state index contributed by atoms with van der Waals surface area (Å²) in [5.41, 5.74) is 2.85. The number of fused-ring (bicyclic) bond motifs is 2. The SMILES string of the molecule is CC(C)(C)OC(=O)Nc1cnc(CN2CCOc3c(Cl)cc(-n4ccc5cc(F)ccc54)cc3C2)cn1. The van der Waals surface area contributed by atoms with Crippen LogP contribution in [0.4, 0.5) is 15.0 Å². The van der Waals surface area contributed by atoms with Gasteiger partial charge in [0.05, 0.1) is 28.6 Å². The highest BCUT2D eigenvalue weighted by molar-refractivity contribution is 6.32. The van der Waals surface area contributed by atoms with Crippen molar-refractivity contribution in [2.24, 2.45) is 0 Å². The Morgan fingerprint density at radius 1 is 1.19 bits per heavy atom. The minimum atomic E-state index is -0.599. The standard InChI is InChI=1S/C27H27ClFN5O3/c1-27(2,3)37-26(35)32-24-14-30-20(13-31-24)16-33-8-9-36-25-18(15-33)11-21(12-22(25)28)34-7-6-17-10-19(29)4-5-23(17)34/h4-7,10-14H,8-9,15-16H2,1-3H3,(H,31,32,35). The lowest BCUT2D eigenvalue weighted by atomic mass is 10.1. The summed E-state index contributed by atoms with van der Waals surface area (Å²) in [6, 6.07) is 10.5. The van der Waals surface area contributed by atoms with Crippen molar-refractivity contribution in [3.05, 3.63) is 77.1 Å². The largest absolute Gasteiger partial charge is 0.490 e. The Balaban J connectivity index is 1.32. The van der Waals surface area contributed by atoms with Gasteiger partial charge in [0, 0.05) is 42.5 Å².